The third kappa shape index (κ3) is 5.48. The molecule has 0 bridgehead atoms. The molecule has 0 aliphatic carbocycles. The predicted molar refractivity (Wildman–Crippen MR) is 91.4 cm³/mol. The number of hydrogen-bond acceptors (Lipinski definition) is 2. The SMILES string of the molecule is O=C(C=C(O)Cc1ccc(Br)cc1)Cc1ccc(Br)cc1. The Kier molecular flexibility index (Phi) is 5.76. The maximum atomic E-state index is 11.9. The summed E-state index contributed by atoms with van der Waals surface area (Å²) in [6.45, 7) is 0. The lowest BCUT2D eigenvalue weighted by molar-refractivity contribution is -0.114. The minimum Gasteiger partial charge on any atom is -0.512 e. The van der Waals surface area contributed by atoms with Gasteiger partial charge in [0.1, 0.15) is 5.76 Å². The topological polar surface area (TPSA) is 37.3 Å². The minimum absolute atomic E-state index is 0.0828. The van der Waals surface area contributed by atoms with Crippen molar-refractivity contribution in [3.63, 3.8) is 0 Å². The van der Waals surface area contributed by atoms with Crippen molar-refractivity contribution < 1.29 is 9.90 Å². The highest BCUT2D eigenvalue weighted by Gasteiger charge is 2.04. The summed E-state index contributed by atoms with van der Waals surface area (Å²) in [4.78, 5) is 11.9. The largest absolute Gasteiger partial charge is 0.512 e. The third-order valence-corrected chi connectivity index (χ3v) is 3.98. The molecule has 0 spiro atoms. The molecule has 2 aromatic carbocycles. The molecule has 0 saturated heterocycles. The summed E-state index contributed by atoms with van der Waals surface area (Å²) >= 11 is 6.71. The zero-order chi connectivity index (χ0) is 15.2. The van der Waals surface area contributed by atoms with Crippen LogP contribution in [-0.4, -0.2) is 10.9 Å². The summed E-state index contributed by atoms with van der Waals surface area (Å²) < 4.78 is 1.97. The number of hydrogen-bond donors (Lipinski definition) is 1. The lowest BCUT2D eigenvalue weighted by Crippen LogP contribution is -2.01. The van der Waals surface area contributed by atoms with Crippen molar-refractivity contribution in [3.8, 4) is 0 Å². The average molecular weight is 410 g/mol. The highest BCUT2D eigenvalue weighted by atomic mass is 79.9. The fraction of sp³-hybridized carbons (Fsp3) is 0.118. The number of halogens is 2. The van der Waals surface area contributed by atoms with Crippen molar-refractivity contribution in [2.45, 2.75) is 12.8 Å². The van der Waals surface area contributed by atoms with Gasteiger partial charge in [0, 0.05) is 27.9 Å². The van der Waals surface area contributed by atoms with E-state index < -0.39 is 0 Å². The molecule has 108 valence electrons. The van der Waals surface area contributed by atoms with Crippen LogP contribution in [0.25, 0.3) is 0 Å². The van der Waals surface area contributed by atoms with Crippen molar-refractivity contribution in [1.29, 1.82) is 0 Å². The smallest absolute Gasteiger partial charge is 0.163 e. The quantitative estimate of drug-likeness (QED) is 0.556. The summed E-state index contributed by atoms with van der Waals surface area (Å²) in [5.41, 5.74) is 1.89. The molecule has 0 atom stereocenters. The van der Waals surface area contributed by atoms with Gasteiger partial charge in [-0.15, -0.1) is 0 Å². The monoisotopic (exact) mass is 408 g/mol. The molecule has 2 rings (SSSR count). The number of carbonyl (C=O) groups excluding carboxylic acids is 1. The second-order valence-corrected chi connectivity index (χ2v) is 6.54. The Balaban J connectivity index is 1.96. The van der Waals surface area contributed by atoms with Crippen LogP contribution in [0.15, 0.2) is 69.3 Å². The van der Waals surface area contributed by atoms with Crippen molar-refractivity contribution in [2.75, 3.05) is 0 Å². The first-order chi connectivity index (χ1) is 10.0. The molecule has 4 heteroatoms. The van der Waals surface area contributed by atoms with Gasteiger partial charge in [-0.3, -0.25) is 4.79 Å². The zero-order valence-electron chi connectivity index (χ0n) is 11.2. The van der Waals surface area contributed by atoms with Gasteiger partial charge in [0.05, 0.1) is 0 Å². The van der Waals surface area contributed by atoms with E-state index >= 15 is 0 Å². The van der Waals surface area contributed by atoms with Gasteiger partial charge >= 0.3 is 0 Å². The molecular formula is C17H14Br2O2. The number of carbonyl (C=O) groups is 1. The first-order valence-corrected chi connectivity index (χ1v) is 8.03. The second-order valence-electron chi connectivity index (χ2n) is 4.71. The first-order valence-electron chi connectivity index (χ1n) is 6.44. The molecule has 2 nitrogen and oxygen atoms in total. The molecule has 2 aromatic rings. The summed E-state index contributed by atoms with van der Waals surface area (Å²) in [6, 6.07) is 15.2. The first kappa shape index (κ1) is 16.0. The van der Waals surface area contributed by atoms with Crippen molar-refractivity contribution in [3.05, 3.63) is 80.4 Å². The highest BCUT2D eigenvalue weighted by molar-refractivity contribution is 9.10. The molecule has 0 radical (unpaired) electrons. The zero-order valence-corrected chi connectivity index (χ0v) is 14.4. The number of aliphatic hydroxyl groups excluding tert-OH is 1. The summed E-state index contributed by atoms with van der Waals surface area (Å²) in [7, 11) is 0. The molecule has 0 amide bonds. The molecule has 0 aliphatic heterocycles. The van der Waals surface area contributed by atoms with Gasteiger partial charge in [0.25, 0.3) is 0 Å². The van der Waals surface area contributed by atoms with E-state index in [0.717, 1.165) is 20.1 Å². The molecule has 0 unspecified atom stereocenters. The Bertz CT molecular complexity index is 643. The van der Waals surface area contributed by atoms with Crippen LogP contribution in [0.1, 0.15) is 11.1 Å². The standard InChI is InChI=1S/C17H14Br2O2/c18-14-5-1-12(2-6-14)9-16(20)11-17(21)10-13-3-7-15(19)8-4-13/h1-8,11,20H,9-10H2. The number of ketones is 1. The van der Waals surface area contributed by atoms with E-state index in [0.29, 0.717) is 6.42 Å². The Labute approximate surface area is 140 Å². The van der Waals surface area contributed by atoms with E-state index in [9.17, 15) is 9.90 Å². The molecule has 0 fully saturated rings. The molecule has 0 aliphatic rings. The van der Waals surface area contributed by atoms with Crippen LogP contribution >= 0.6 is 31.9 Å². The Morgan fingerprint density at radius 3 is 1.76 bits per heavy atom. The molecule has 0 aromatic heterocycles. The van der Waals surface area contributed by atoms with Gasteiger partial charge in [-0.25, -0.2) is 0 Å². The predicted octanol–water partition coefficient (Wildman–Crippen LogP) is 5.01. The fourth-order valence-corrected chi connectivity index (χ4v) is 2.43. The van der Waals surface area contributed by atoms with Gasteiger partial charge in [0.2, 0.25) is 0 Å². The van der Waals surface area contributed by atoms with Crippen LogP contribution < -0.4 is 0 Å². The minimum atomic E-state index is -0.105. The average Bonchev–Trinajstić information content (AvgIpc) is 2.44. The van der Waals surface area contributed by atoms with Gasteiger partial charge in [-0.1, -0.05) is 56.1 Å². The number of rotatable bonds is 5. The Morgan fingerprint density at radius 2 is 1.29 bits per heavy atom. The highest BCUT2D eigenvalue weighted by Crippen LogP contribution is 2.14. The molecule has 0 heterocycles. The van der Waals surface area contributed by atoms with E-state index in [1.165, 1.54) is 6.08 Å². The van der Waals surface area contributed by atoms with Crippen molar-refractivity contribution in [2.24, 2.45) is 0 Å². The number of benzene rings is 2. The Hall–Kier alpha value is -1.39. The van der Waals surface area contributed by atoms with Crippen molar-refractivity contribution in [1.82, 2.24) is 0 Å². The summed E-state index contributed by atoms with van der Waals surface area (Å²) in [5.74, 6) is -0.0219. The van der Waals surface area contributed by atoms with Crippen LogP contribution in [0.2, 0.25) is 0 Å². The lowest BCUT2D eigenvalue weighted by atomic mass is 10.1. The van der Waals surface area contributed by atoms with Crippen LogP contribution in [0, 0.1) is 0 Å². The van der Waals surface area contributed by atoms with Gasteiger partial charge < -0.3 is 5.11 Å². The summed E-state index contributed by atoms with van der Waals surface area (Å²) in [6.07, 6.45) is 1.96. The fourth-order valence-electron chi connectivity index (χ4n) is 1.90. The molecule has 1 N–H and O–H groups in total. The van der Waals surface area contributed by atoms with Crippen molar-refractivity contribution >= 4 is 37.6 Å². The van der Waals surface area contributed by atoms with Gasteiger partial charge in [-0.2, -0.15) is 0 Å². The molecular weight excluding hydrogens is 396 g/mol. The van der Waals surface area contributed by atoms with E-state index in [1.807, 2.05) is 48.5 Å². The van der Waals surface area contributed by atoms with Crippen LogP contribution in [0.3, 0.4) is 0 Å². The number of allylic oxidation sites excluding steroid dienone is 2. The lowest BCUT2D eigenvalue weighted by Gasteiger charge is -2.02. The molecule has 0 saturated carbocycles. The number of aliphatic hydroxyl groups is 1. The van der Waals surface area contributed by atoms with Crippen LogP contribution in [-0.2, 0) is 17.6 Å². The normalized spacial score (nSPS) is 11.4. The Morgan fingerprint density at radius 1 is 0.857 bits per heavy atom. The van der Waals surface area contributed by atoms with E-state index in [1.54, 1.807) is 0 Å². The van der Waals surface area contributed by atoms with Gasteiger partial charge in [0.15, 0.2) is 5.78 Å². The van der Waals surface area contributed by atoms with Crippen LogP contribution in [0.5, 0.6) is 0 Å². The maximum absolute atomic E-state index is 11.9. The van der Waals surface area contributed by atoms with E-state index in [4.69, 9.17) is 0 Å². The second kappa shape index (κ2) is 7.57. The van der Waals surface area contributed by atoms with Crippen LogP contribution in [0.4, 0.5) is 0 Å². The molecule has 21 heavy (non-hydrogen) atoms. The van der Waals surface area contributed by atoms with E-state index in [-0.39, 0.29) is 18.0 Å². The van der Waals surface area contributed by atoms with Gasteiger partial charge in [-0.05, 0) is 35.4 Å². The van der Waals surface area contributed by atoms with E-state index in [2.05, 4.69) is 31.9 Å². The third-order valence-electron chi connectivity index (χ3n) is 2.92. The summed E-state index contributed by atoms with van der Waals surface area (Å²) in [5, 5.41) is 9.89. The maximum Gasteiger partial charge on any atom is 0.163 e.